The number of ether oxygens (including phenoxy) is 9. The molecular weight excluding hydrogens is 554 g/mol. The molecule has 13 nitrogen and oxygen atoms in total. The van der Waals surface area contributed by atoms with Crippen molar-refractivity contribution < 1.29 is 57.0 Å². The van der Waals surface area contributed by atoms with E-state index < -0.39 is 5.97 Å². The van der Waals surface area contributed by atoms with Gasteiger partial charge < -0.3 is 42.6 Å². The molecule has 1 heterocycles. The molecule has 0 bridgehead atoms. The topological polar surface area (TPSA) is 138 Å². The first-order valence-electron chi connectivity index (χ1n) is 14.0. The molecule has 0 aliphatic carbocycles. The fourth-order valence-corrected chi connectivity index (χ4v) is 3.50. The van der Waals surface area contributed by atoms with Gasteiger partial charge in [-0.2, -0.15) is 0 Å². The zero-order chi connectivity index (χ0) is 30.1. The number of carbonyl (C=O) groups excluding carboxylic acids is 3. The van der Waals surface area contributed by atoms with E-state index in [0.717, 1.165) is 6.08 Å². The second-order valence-corrected chi connectivity index (χ2v) is 8.58. The minimum Gasteiger partial charge on any atom is -0.460 e. The number of imide groups is 1. The smallest absolute Gasteiger partial charge is 0.330 e. The van der Waals surface area contributed by atoms with Crippen LogP contribution in [0.4, 0.5) is 0 Å². The van der Waals surface area contributed by atoms with Gasteiger partial charge in [-0.3, -0.25) is 14.5 Å². The molecule has 0 N–H and O–H groups in total. The van der Waals surface area contributed by atoms with Crippen molar-refractivity contribution in [1.82, 2.24) is 4.90 Å². The van der Waals surface area contributed by atoms with Crippen molar-refractivity contribution in [2.75, 3.05) is 119 Å². The first-order valence-corrected chi connectivity index (χ1v) is 14.0. The van der Waals surface area contributed by atoms with Crippen molar-refractivity contribution in [2.24, 2.45) is 0 Å². The molecule has 1 aliphatic heterocycles. The standard InChI is InChI=1S/C29H43NO12/c1-2-27(31)42-24-23-41-22-21-40-20-19-39-18-17-38-16-15-37-14-13-36-12-11-35-10-9-34-8-7-30-28(32)25-5-3-4-6-26(25)29(30)33/h2-6H,1,7-24H2. The summed E-state index contributed by atoms with van der Waals surface area (Å²) in [5.41, 5.74) is 0.877. The van der Waals surface area contributed by atoms with Crippen LogP contribution in [0.1, 0.15) is 20.7 Å². The van der Waals surface area contributed by atoms with Crippen LogP contribution in [0.2, 0.25) is 0 Å². The molecule has 42 heavy (non-hydrogen) atoms. The zero-order valence-corrected chi connectivity index (χ0v) is 24.2. The number of nitrogens with zero attached hydrogens (tertiary/aromatic N) is 1. The Morgan fingerprint density at radius 1 is 0.548 bits per heavy atom. The van der Waals surface area contributed by atoms with E-state index in [9.17, 15) is 14.4 Å². The van der Waals surface area contributed by atoms with Crippen molar-refractivity contribution in [2.45, 2.75) is 0 Å². The molecule has 0 unspecified atom stereocenters. The van der Waals surface area contributed by atoms with Crippen molar-refractivity contribution in [1.29, 1.82) is 0 Å². The van der Waals surface area contributed by atoms with Crippen molar-refractivity contribution in [3.63, 3.8) is 0 Å². The quantitative estimate of drug-likeness (QED) is 0.0593. The molecule has 0 aromatic heterocycles. The second-order valence-electron chi connectivity index (χ2n) is 8.58. The monoisotopic (exact) mass is 597 g/mol. The van der Waals surface area contributed by atoms with Gasteiger partial charge in [0.25, 0.3) is 11.8 Å². The summed E-state index contributed by atoms with van der Waals surface area (Å²) >= 11 is 0. The van der Waals surface area contributed by atoms with Gasteiger partial charge in [-0.05, 0) is 12.1 Å². The molecule has 1 aliphatic rings. The van der Waals surface area contributed by atoms with Gasteiger partial charge in [0.15, 0.2) is 0 Å². The van der Waals surface area contributed by atoms with E-state index >= 15 is 0 Å². The van der Waals surface area contributed by atoms with Gasteiger partial charge in [0.2, 0.25) is 0 Å². The molecule has 2 amide bonds. The number of carbonyl (C=O) groups is 3. The Kier molecular flexibility index (Phi) is 20.1. The maximum atomic E-state index is 12.3. The van der Waals surface area contributed by atoms with Crippen LogP contribution in [0.3, 0.4) is 0 Å². The number of esters is 1. The lowest BCUT2D eigenvalue weighted by Gasteiger charge is -2.13. The maximum Gasteiger partial charge on any atom is 0.330 e. The molecule has 1 aromatic carbocycles. The van der Waals surface area contributed by atoms with E-state index in [4.69, 9.17) is 42.6 Å². The van der Waals surface area contributed by atoms with E-state index in [1.54, 1.807) is 24.3 Å². The van der Waals surface area contributed by atoms with Gasteiger partial charge in [-0.1, -0.05) is 18.7 Å². The van der Waals surface area contributed by atoms with Gasteiger partial charge >= 0.3 is 5.97 Å². The second kappa shape index (κ2) is 23.8. The number of hydrogen-bond donors (Lipinski definition) is 0. The highest BCUT2D eigenvalue weighted by atomic mass is 16.6. The number of amides is 2. The molecule has 0 saturated carbocycles. The van der Waals surface area contributed by atoms with Crippen LogP contribution >= 0.6 is 0 Å². The molecule has 0 fully saturated rings. The normalized spacial score (nSPS) is 12.6. The van der Waals surface area contributed by atoms with Gasteiger partial charge in [0.05, 0.1) is 123 Å². The summed E-state index contributed by atoms with van der Waals surface area (Å²) in [5.74, 6) is -1.03. The molecular formula is C29H43NO12. The summed E-state index contributed by atoms with van der Waals surface area (Å²) in [5, 5.41) is 0. The summed E-state index contributed by atoms with van der Waals surface area (Å²) in [6, 6.07) is 6.80. The lowest BCUT2D eigenvalue weighted by molar-refractivity contribution is -0.139. The Morgan fingerprint density at radius 3 is 1.19 bits per heavy atom. The average molecular weight is 598 g/mol. The van der Waals surface area contributed by atoms with E-state index in [1.807, 2.05) is 0 Å². The van der Waals surface area contributed by atoms with Crippen LogP contribution in [0.25, 0.3) is 0 Å². The average Bonchev–Trinajstić information content (AvgIpc) is 3.25. The molecule has 13 heteroatoms. The van der Waals surface area contributed by atoms with E-state index in [2.05, 4.69) is 6.58 Å². The van der Waals surface area contributed by atoms with Crippen molar-refractivity contribution >= 4 is 17.8 Å². The van der Waals surface area contributed by atoms with Crippen LogP contribution < -0.4 is 0 Å². The lowest BCUT2D eigenvalue weighted by atomic mass is 10.1. The van der Waals surface area contributed by atoms with Crippen LogP contribution in [-0.2, 0) is 47.4 Å². The third-order valence-corrected chi connectivity index (χ3v) is 5.58. The highest BCUT2D eigenvalue weighted by molar-refractivity contribution is 6.21. The van der Waals surface area contributed by atoms with E-state index in [1.165, 1.54) is 4.90 Å². The van der Waals surface area contributed by atoms with Crippen LogP contribution in [-0.4, -0.2) is 142 Å². The predicted molar refractivity (Wildman–Crippen MR) is 150 cm³/mol. The minimum atomic E-state index is -0.466. The number of fused-ring (bicyclic) bond motifs is 1. The SMILES string of the molecule is C=CC(=O)OCCOCCOCCOCCOCCOCCOCCOCCOCCN1C(=O)c2ccccc2C1=O. The zero-order valence-electron chi connectivity index (χ0n) is 24.2. The van der Waals surface area contributed by atoms with Crippen LogP contribution in [0.15, 0.2) is 36.9 Å². The third-order valence-electron chi connectivity index (χ3n) is 5.58. The summed E-state index contributed by atoms with van der Waals surface area (Å²) in [6.07, 6.45) is 1.11. The van der Waals surface area contributed by atoms with Crippen LogP contribution in [0.5, 0.6) is 0 Å². The fraction of sp³-hybridized carbons (Fsp3) is 0.621. The Bertz CT molecular complexity index is 877. The molecule has 1 aromatic rings. The Balaban J connectivity index is 1.22. The van der Waals surface area contributed by atoms with Gasteiger partial charge in [-0.25, -0.2) is 4.79 Å². The summed E-state index contributed by atoms with van der Waals surface area (Å²) < 4.78 is 48.0. The predicted octanol–water partition coefficient (Wildman–Crippen LogP) is 1.14. The molecule has 0 radical (unpaired) electrons. The summed E-state index contributed by atoms with van der Waals surface area (Å²) in [6.45, 7) is 10.4. The van der Waals surface area contributed by atoms with E-state index in [0.29, 0.717) is 110 Å². The number of hydrogen-bond acceptors (Lipinski definition) is 12. The molecule has 0 saturated heterocycles. The first-order chi connectivity index (χ1) is 20.6. The lowest BCUT2D eigenvalue weighted by Crippen LogP contribution is -2.33. The largest absolute Gasteiger partial charge is 0.460 e. The first kappa shape index (κ1) is 35.4. The minimum absolute atomic E-state index is 0.190. The van der Waals surface area contributed by atoms with Crippen LogP contribution in [0, 0.1) is 0 Å². The Morgan fingerprint density at radius 2 is 0.857 bits per heavy atom. The highest BCUT2D eigenvalue weighted by Crippen LogP contribution is 2.21. The van der Waals surface area contributed by atoms with Gasteiger partial charge in [-0.15, -0.1) is 0 Å². The molecule has 0 spiro atoms. The van der Waals surface area contributed by atoms with Gasteiger partial charge in [0, 0.05) is 6.08 Å². The van der Waals surface area contributed by atoms with Crippen molar-refractivity contribution in [3.05, 3.63) is 48.0 Å². The summed E-state index contributed by atoms with van der Waals surface area (Å²) in [4.78, 5) is 36.6. The third kappa shape index (κ3) is 15.5. The fourth-order valence-electron chi connectivity index (χ4n) is 3.50. The Hall–Kier alpha value is -2.75. The Labute approximate surface area is 246 Å². The van der Waals surface area contributed by atoms with E-state index in [-0.39, 0.29) is 31.6 Å². The highest BCUT2D eigenvalue weighted by Gasteiger charge is 2.34. The molecule has 236 valence electrons. The molecule has 0 atom stereocenters. The van der Waals surface area contributed by atoms with Crippen molar-refractivity contribution in [3.8, 4) is 0 Å². The summed E-state index contributed by atoms with van der Waals surface area (Å²) in [7, 11) is 0. The molecule has 2 rings (SSSR count). The number of benzene rings is 1. The maximum absolute atomic E-state index is 12.3. The number of rotatable bonds is 28. The van der Waals surface area contributed by atoms with Gasteiger partial charge in [0.1, 0.15) is 6.61 Å².